The van der Waals surface area contributed by atoms with Crippen molar-refractivity contribution in [3.8, 4) is 0 Å². The van der Waals surface area contributed by atoms with Gasteiger partial charge in [-0.05, 0) is 25.5 Å². The quantitative estimate of drug-likeness (QED) is 0.902. The largest absolute Gasteiger partial charge is 0.390 e. The number of hydrogen-bond donors (Lipinski definition) is 2. The van der Waals surface area contributed by atoms with Gasteiger partial charge in [-0.2, -0.15) is 0 Å². The zero-order valence-electron chi connectivity index (χ0n) is 10.9. The average molecular weight is 276 g/mol. The van der Waals surface area contributed by atoms with Crippen LogP contribution in [0.4, 0.5) is 5.69 Å². The minimum absolute atomic E-state index is 0.0897. The molecule has 4 nitrogen and oxygen atoms in total. The first kappa shape index (κ1) is 13.7. The van der Waals surface area contributed by atoms with Gasteiger partial charge in [-0.25, -0.2) is 4.98 Å². The van der Waals surface area contributed by atoms with Gasteiger partial charge in [0.1, 0.15) is 5.01 Å². The number of para-hydroxylation sites is 1. The van der Waals surface area contributed by atoms with E-state index in [2.05, 4.69) is 10.3 Å². The van der Waals surface area contributed by atoms with Crippen LogP contribution in [0.3, 0.4) is 0 Å². The average Bonchev–Trinajstić information content (AvgIpc) is 2.89. The lowest BCUT2D eigenvalue weighted by Gasteiger charge is -2.11. The van der Waals surface area contributed by atoms with Crippen molar-refractivity contribution >= 4 is 22.9 Å². The van der Waals surface area contributed by atoms with Crippen molar-refractivity contribution in [3.63, 3.8) is 0 Å². The highest BCUT2D eigenvalue weighted by Gasteiger charge is 2.19. The molecule has 2 rings (SSSR count). The third-order valence-electron chi connectivity index (χ3n) is 2.90. The lowest BCUT2D eigenvalue weighted by molar-refractivity contribution is -0.117. The first-order chi connectivity index (χ1) is 9.11. The number of nitrogens with one attached hydrogen (secondary N) is 1. The zero-order valence-corrected chi connectivity index (χ0v) is 11.7. The maximum atomic E-state index is 12.2. The Hall–Kier alpha value is -1.72. The summed E-state index contributed by atoms with van der Waals surface area (Å²) in [6, 6.07) is 7.65. The van der Waals surface area contributed by atoms with Gasteiger partial charge in [0.15, 0.2) is 0 Å². The highest BCUT2D eigenvalue weighted by molar-refractivity contribution is 7.09. The summed E-state index contributed by atoms with van der Waals surface area (Å²) in [7, 11) is 0. The van der Waals surface area contributed by atoms with E-state index in [0.29, 0.717) is 5.69 Å². The third-order valence-corrected chi connectivity index (χ3v) is 3.97. The van der Waals surface area contributed by atoms with E-state index < -0.39 is 0 Å². The number of aliphatic hydroxyl groups is 1. The first-order valence-corrected chi connectivity index (χ1v) is 6.91. The molecule has 0 aliphatic carbocycles. The summed E-state index contributed by atoms with van der Waals surface area (Å²) in [6.45, 7) is 3.67. The Bertz CT molecular complexity index is 580. The maximum Gasteiger partial charge on any atom is 0.234 e. The molecule has 19 heavy (non-hydrogen) atoms. The number of rotatable bonds is 4. The number of aryl methyl sites for hydroxylation is 1. The van der Waals surface area contributed by atoms with Crippen LogP contribution in [-0.4, -0.2) is 16.0 Å². The van der Waals surface area contributed by atoms with Gasteiger partial charge in [0.05, 0.1) is 18.2 Å². The first-order valence-electron chi connectivity index (χ1n) is 6.03. The van der Waals surface area contributed by atoms with Gasteiger partial charge in [0, 0.05) is 11.1 Å². The molecule has 1 aromatic heterocycles. The van der Waals surface area contributed by atoms with Crippen LogP contribution >= 0.6 is 11.3 Å². The summed E-state index contributed by atoms with van der Waals surface area (Å²) in [5.74, 6) is -0.418. The van der Waals surface area contributed by atoms with E-state index in [1.54, 1.807) is 5.38 Å². The molecule has 0 radical (unpaired) electrons. The number of thiazole rings is 1. The molecule has 1 atom stereocenters. The van der Waals surface area contributed by atoms with Crippen molar-refractivity contribution in [3.05, 3.63) is 45.9 Å². The standard InChI is InChI=1S/C14H16N2O2S/c1-9-5-3-4-6-12(9)16-13(18)10(2)14-15-11(7-17)8-19-14/h3-6,8,10,17H,7H2,1-2H3,(H,16,18). The van der Waals surface area contributed by atoms with E-state index >= 15 is 0 Å². The van der Waals surface area contributed by atoms with E-state index in [1.165, 1.54) is 11.3 Å². The molecule has 2 aromatic rings. The van der Waals surface area contributed by atoms with Crippen LogP contribution in [0, 0.1) is 6.92 Å². The molecular weight excluding hydrogens is 260 g/mol. The van der Waals surface area contributed by atoms with Crippen LogP contribution in [0.15, 0.2) is 29.6 Å². The minimum Gasteiger partial charge on any atom is -0.390 e. The summed E-state index contributed by atoms with van der Waals surface area (Å²) in [4.78, 5) is 16.4. The Morgan fingerprint density at radius 1 is 1.47 bits per heavy atom. The number of aliphatic hydroxyl groups excluding tert-OH is 1. The number of carbonyl (C=O) groups excluding carboxylic acids is 1. The predicted molar refractivity (Wildman–Crippen MR) is 76.3 cm³/mol. The highest BCUT2D eigenvalue weighted by Crippen LogP contribution is 2.22. The lowest BCUT2D eigenvalue weighted by atomic mass is 10.1. The summed E-state index contributed by atoms with van der Waals surface area (Å²) >= 11 is 1.39. The van der Waals surface area contributed by atoms with E-state index in [1.807, 2.05) is 38.1 Å². The molecule has 0 saturated heterocycles. The summed E-state index contributed by atoms with van der Waals surface area (Å²) in [6.07, 6.45) is 0. The number of anilines is 1. The van der Waals surface area contributed by atoms with Crippen molar-refractivity contribution in [2.24, 2.45) is 0 Å². The molecule has 0 fully saturated rings. The van der Waals surface area contributed by atoms with Crippen LogP contribution in [-0.2, 0) is 11.4 Å². The van der Waals surface area contributed by atoms with Crippen LogP contribution in [0.25, 0.3) is 0 Å². The van der Waals surface area contributed by atoms with Crippen molar-refractivity contribution < 1.29 is 9.90 Å². The second-order valence-electron chi connectivity index (χ2n) is 4.36. The highest BCUT2D eigenvalue weighted by atomic mass is 32.1. The molecule has 0 bridgehead atoms. The molecule has 2 N–H and O–H groups in total. The minimum atomic E-state index is -0.329. The fraction of sp³-hybridized carbons (Fsp3) is 0.286. The van der Waals surface area contributed by atoms with E-state index in [4.69, 9.17) is 5.11 Å². The Kier molecular flexibility index (Phi) is 4.29. The number of carbonyl (C=O) groups is 1. The van der Waals surface area contributed by atoms with E-state index in [0.717, 1.165) is 16.3 Å². The molecule has 1 heterocycles. The van der Waals surface area contributed by atoms with Crippen LogP contribution in [0.5, 0.6) is 0 Å². The van der Waals surface area contributed by atoms with Gasteiger partial charge in [0.2, 0.25) is 5.91 Å². The fourth-order valence-corrected chi connectivity index (χ4v) is 2.53. The van der Waals surface area contributed by atoms with E-state index in [-0.39, 0.29) is 18.4 Å². The van der Waals surface area contributed by atoms with Crippen molar-refractivity contribution in [2.75, 3.05) is 5.32 Å². The zero-order chi connectivity index (χ0) is 13.8. The molecule has 100 valence electrons. The Balaban J connectivity index is 2.09. The molecule has 1 unspecified atom stereocenters. The monoisotopic (exact) mass is 276 g/mol. The normalized spacial score (nSPS) is 12.2. The van der Waals surface area contributed by atoms with Gasteiger partial charge in [0.25, 0.3) is 0 Å². The number of hydrogen-bond acceptors (Lipinski definition) is 4. The molecule has 0 aliphatic rings. The molecule has 1 amide bonds. The van der Waals surface area contributed by atoms with Gasteiger partial charge in [-0.3, -0.25) is 4.79 Å². The van der Waals surface area contributed by atoms with Crippen LogP contribution in [0.2, 0.25) is 0 Å². The van der Waals surface area contributed by atoms with Gasteiger partial charge >= 0.3 is 0 Å². The Morgan fingerprint density at radius 3 is 2.84 bits per heavy atom. The summed E-state index contributed by atoms with van der Waals surface area (Å²) in [5.41, 5.74) is 2.45. The molecule has 0 saturated carbocycles. The molecule has 1 aromatic carbocycles. The second-order valence-corrected chi connectivity index (χ2v) is 5.25. The maximum absolute atomic E-state index is 12.2. The topological polar surface area (TPSA) is 62.2 Å². The summed E-state index contributed by atoms with van der Waals surface area (Å²) < 4.78 is 0. The predicted octanol–water partition coefficient (Wildman–Crippen LogP) is 2.69. The van der Waals surface area contributed by atoms with Crippen molar-refractivity contribution in [1.29, 1.82) is 0 Å². The number of benzene rings is 1. The molecule has 0 spiro atoms. The second kappa shape index (κ2) is 5.95. The fourth-order valence-electron chi connectivity index (χ4n) is 1.66. The number of aromatic nitrogens is 1. The van der Waals surface area contributed by atoms with Crippen molar-refractivity contribution in [1.82, 2.24) is 4.98 Å². The Labute approximate surface area is 116 Å². The molecule has 5 heteroatoms. The van der Waals surface area contributed by atoms with Gasteiger partial charge < -0.3 is 10.4 Å². The van der Waals surface area contributed by atoms with Crippen LogP contribution in [0.1, 0.15) is 29.1 Å². The summed E-state index contributed by atoms with van der Waals surface area (Å²) in [5, 5.41) is 14.4. The molecule has 0 aliphatic heterocycles. The SMILES string of the molecule is Cc1ccccc1NC(=O)C(C)c1nc(CO)cs1. The van der Waals surface area contributed by atoms with E-state index in [9.17, 15) is 4.79 Å². The van der Waals surface area contributed by atoms with Gasteiger partial charge in [-0.15, -0.1) is 11.3 Å². The number of amides is 1. The number of nitrogens with zero attached hydrogens (tertiary/aromatic N) is 1. The third kappa shape index (κ3) is 3.19. The van der Waals surface area contributed by atoms with Gasteiger partial charge in [-0.1, -0.05) is 18.2 Å². The Morgan fingerprint density at radius 2 is 2.21 bits per heavy atom. The smallest absolute Gasteiger partial charge is 0.234 e. The lowest BCUT2D eigenvalue weighted by Crippen LogP contribution is -2.19. The van der Waals surface area contributed by atoms with Crippen LogP contribution < -0.4 is 5.32 Å². The van der Waals surface area contributed by atoms with Crippen molar-refractivity contribution in [2.45, 2.75) is 26.4 Å². The molecular formula is C14H16N2O2S.